The monoisotopic (exact) mass is 222 g/mol. The first-order valence-corrected chi connectivity index (χ1v) is 7.86. The molecule has 2 fully saturated rings. The Morgan fingerprint density at radius 2 is 1.75 bits per heavy atom. The molecule has 0 aromatic rings. The molecule has 16 heavy (non-hydrogen) atoms. The van der Waals surface area contributed by atoms with E-state index in [9.17, 15) is 0 Å². The summed E-state index contributed by atoms with van der Waals surface area (Å²) in [5, 5.41) is 0. The highest BCUT2D eigenvalue weighted by atomic mass is 14.5. The smallest absolute Gasteiger partial charge is 0.0352 e. The Labute approximate surface area is 102 Å². The van der Waals surface area contributed by atoms with E-state index in [-0.39, 0.29) is 0 Å². The molecule has 0 heteroatoms. The molecule has 0 aliphatic heterocycles. The first-order chi connectivity index (χ1) is 7.86. The maximum absolute atomic E-state index is 2.43. The van der Waals surface area contributed by atoms with E-state index in [1.165, 1.54) is 44.9 Å². The van der Waals surface area contributed by atoms with Gasteiger partial charge in [-0.05, 0) is 30.1 Å². The maximum Gasteiger partial charge on any atom is -0.0352 e. The number of rotatable bonds is 5. The van der Waals surface area contributed by atoms with Crippen LogP contribution < -0.4 is 0 Å². The standard InChI is InChI=1S/C16H30/c1-3-5-9-14-12-16(15(14)4-2)13-10-7-6-8-11-13/h13-16H,3-12H2,1-2H3. The highest BCUT2D eigenvalue weighted by Gasteiger charge is 2.42. The topological polar surface area (TPSA) is 0 Å². The van der Waals surface area contributed by atoms with Crippen molar-refractivity contribution in [3.63, 3.8) is 0 Å². The van der Waals surface area contributed by atoms with Crippen molar-refractivity contribution in [3.8, 4) is 0 Å². The largest absolute Gasteiger partial charge is 0.0654 e. The first-order valence-electron chi connectivity index (χ1n) is 7.86. The number of hydrogen-bond acceptors (Lipinski definition) is 0. The SMILES string of the molecule is CCCCC1CC(C2CCCCC2)C1CC. The molecule has 0 radical (unpaired) electrons. The van der Waals surface area contributed by atoms with Crippen molar-refractivity contribution in [2.45, 2.75) is 78.1 Å². The lowest BCUT2D eigenvalue weighted by atomic mass is 9.56. The first kappa shape index (κ1) is 12.5. The van der Waals surface area contributed by atoms with E-state index in [1.807, 2.05) is 0 Å². The van der Waals surface area contributed by atoms with Crippen LogP contribution in [0.25, 0.3) is 0 Å². The molecule has 0 heterocycles. The molecular weight excluding hydrogens is 192 g/mol. The van der Waals surface area contributed by atoms with Crippen LogP contribution in [-0.2, 0) is 0 Å². The number of unbranched alkanes of at least 4 members (excludes halogenated alkanes) is 1. The van der Waals surface area contributed by atoms with Gasteiger partial charge in [-0.1, -0.05) is 71.6 Å². The molecule has 0 N–H and O–H groups in total. The van der Waals surface area contributed by atoms with Crippen molar-refractivity contribution in [2.75, 3.05) is 0 Å². The van der Waals surface area contributed by atoms with E-state index < -0.39 is 0 Å². The zero-order valence-electron chi connectivity index (χ0n) is 11.4. The molecule has 3 unspecified atom stereocenters. The van der Waals surface area contributed by atoms with Crippen LogP contribution in [0.4, 0.5) is 0 Å². The third kappa shape index (κ3) is 2.63. The van der Waals surface area contributed by atoms with Gasteiger partial charge in [-0.15, -0.1) is 0 Å². The van der Waals surface area contributed by atoms with Crippen molar-refractivity contribution in [1.29, 1.82) is 0 Å². The summed E-state index contributed by atoms with van der Waals surface area (Å²) in [7, 11) is 0. The van der Waals surface area contributed by atoms with Gasteiger partial charge in [0.2, 0.25) is 0 Å². The van der Waals surface area contributed by atoms with Crippen molar-refractivity contribution >= 4 is 0 Å². The van der Waals surface area contributed by atoms with E-state index in [2.05, 4.69) is 13.8 Å². The molecule has 2 aliphatic carbocycles. The van der Waals surface area contributed by atoms with Gasteiger partial charge in [0.1, 0.15) is 0 Å². The van der Waals surface area contributed by atoms with E-state index in [4.69, 9.17) is 0 Å². The Kier molecular flexibility index (Phi) is 4.73. The fraction of sp³-hybridized carbons (Fsp3) is 1.00. The molecule has 0 bridgehead atoms. The van der Waals surface area contributed by atoms with E-state index in [0.29, 0.717) is 0 Å². The zero-order chi connectivity index (χ0) is 11.4. The predicted molar refractivity (Wildman–Crippen MR) is 71.5 cm³/mol. The van der Waals surface area contributed by atoms with Crippen LogP contribution in [0, 0.1) is 23.7 Å². The lowest BCUT2D eigenvalue weighted by Gasteiger charge is -2.50. The third-order valence-corrected chi connectivity index (χ3v) is 5.39. The maximum atomic E-state index is 2.43. The minimum atomic E-state index is 1.11. The van der Waals surface area contributed by atoms with E-state index in [0.717, 1.165) is 23.7 Å². The van der Waals surface area contributed by atoms with Crippen LogP contribution in [0.5, 0.6) is 0 Å². The van der Waals surface area contributed by atoms with E-state index >= 15 is 0 Å². The van der Waals surface area contributed by atoms with Crippen molar-refractivity contribution in [2.24, 2.45) is 23.7 Å². The average molecular weight is 222 g/mol. The van der Waals surface area contributed by atoms with Gasteiger partial charge in [-0.25, -0.2) is 0 Å². The van der Waals surface area contributed by atoms with Gasteiger partial charge in [0.15, 0.2) is 0 Å². The molecule has 94 valence electrons. The second kappa shape index (κ2) is 6.07. The zero-order valence-corrected chi connectivity index (χ0v) is 11.4. The minimum Gasteiger partial charge on any atom is -0.0654 e. The second-order valence-corrected chi connectivity index (χ2v) is 6.27. The summed E-state index contributed by atoms with van der Waals surface area (Å²) < 4.78 is 0. The van der Waals surface area contributed by atoms with Crippen LogP contribution in [0.2, 0.25) is 0 Å². The van der Waals surface area contributed by atoms with Crippen molar-refractivity contribution in [1.82, 2.24) is 0 Å². The van der Waals surface area contributed by atoms with Gasteiger partial charge in [-0.3, -0.25) is 0 Å². The summed E-state index contributed by atoms with van der Waals surface area (Å²) in [6.07, 6.45) is 15.1. The fourth-order valence-electron chi connectivity index (χ4n) is 4.39. The Morgan fingerprint density at radius 3 is 2.38 bits per heavy atom. The molecule has 0 nitrogen and oxygen atoms in total. The Morgan fingerprint density at radius 1 is 1.00 bits per heavy atom. The minimum absolute atomic E-state index is 1.11. The normalized spacial score (nSPS) is 36.0. The molecular formula is C16H30. The quantitative estimate of drug-likeness (QED) is 0.582. The molecule has 0 spiro atoms. The van der Waals surface area contributed by atoms with Crippen LogP contribution in [0.15, 0.2) is 0 Å². The summed E-state index contributed by atoms with van der Waals surface area (Å²) in [5.74, 6) is 4.47. The van der Waals surface area contributed by atoms with Crippen molar-refractivity contribution < 1.29 is 0 Å². The van der Waals surface area contributed by atoms with Crippen molar-refractivity contribution in [3.05, 3.63) is 0 Å². The molecule has 2 rings (SSSR count). The van der Waals surface area contributed by atoms with Gasteiger partial charge >= 0.3 is 0 Å². The third-order valence-electron chi connectivity index (χ3n) is 5.39. The van der Waals surface area contributed by atoms with Gasteiger partial charge in [0.25, 0.3) is 0 Å². The number of hydrogen-bond donors (Lipinski definition) is 0. The Bertz CT molecular complexity index is 190. The average Bonchev–Trinajstić information content (AvgIpc) is 2.30. The predicted octanol–water partition coefficient (Wildman–Crippen LogP) is 5.42. The summed E-state index contributed by atoms with van der Waals surface area (Å²) in [6.45, 7) is 4.76. The summed E-state index contributed by atoms with van der Waals surface area (Å²) in [5.41, 5.74) is 0. The highest BCUT2D eigenvalue weighted by molar-refractivity contribution is 4.92. The molecule has 0 amide bonds. The van der Waals surface area contributed by atoms with E-state index in [1.54, 1.807) is 19.3 Å². The van der Waals surface area contributed by atoms with Crippen LogP contribution in [0.1, 0.15) is 78.1 Å². The molecule has 0 aromatic heterocycles. The molecule has 2 saturated carbocycles. The Balaban J connectivity index is 1.79. The van der Waals surface area contributed by atoms with Crippen LogP contribution in [-0.4, -0.2) is 0 Å². The summed E-state index contributed by atoms with van der Waals surface area (Å²) in [6, 6.07) is 0. The summed E-state index contributed by atoms with van der Waals surface area (Å²) >= 11 is 0. The lowest BCUT2D eigenvalue weighted by Crippen LogP contribution is -2.41. The van der Waals surface area contributed by atoms with Crippen LogP contribution >= 0.6 is 0 Å². The fourth-order valence-corrected chi connectivity index (χ4v) is 4.39. The molecule has 2 aliphatic rings. The van der Waals surface area contributed by atoms with Gasteiger partial charge in [-0.2, -0.15) is 0 Å². The molecule has 0 saturated heterocycles. The summed E-state index contributed by atoms with van der Waals surface area (Å²) in [4.78, 5) is 0. The highest BCUT2D eigenvalue weighted by Crippen LogP contribution is 2.51. The molecule has 3 atom stereocenters. The lowest BCUT2D eigenvalue weighted by molar-refractivity contribution is 0.000261. The molecule has 0 aromatic carbocycles. The van der Waals surface area contributed by atoms with Crippen LogP contribution in [0.3, 0.4) is 0 Å². The van der Waals surface area contributed by atoms with Gasteiger partial charge in [0.05, 0.1) is 0 Å². The Hall–Kier alpha value is 0. The second-order valence-electron chi connectivity index (χ2n) is 6.27. The van der Waals surface area contributed by atoms with Gasteiger partial charge < -0.3 is 0 Å². The van der Waals surface area contributed by atoms with Gasteiger partial charge in [0, 0.05) is 0 Å².